The molecule has 1 aromatic carbocycles. The van der Waals surface area contributed by atoms with Gasteiger partial charge in [-0.1, -0.05) is 12.1 Å². The van der Waals surface area contributed by atoms with Crippen LogP contribution in [0.1, 0.15) is 16.8 Å². The third-order valence-electron chi connectivity index (χ3n) is 2.72. The minimum atomic E-state index is -4.44. The Hall–Kier alpha value is -1.82. The molecule has 2 rings (SSSR count). The molecule has 0 saturated carbocycles. The van der Waals surface area contributed by atoms with Gasteiger partial charge in [0, 0.05) is 11.3 Å². The van der Waals surface area contributed by atoms with Crippen molar-refractivity contribution in [1.29, 1.82) is 0 Å². The number of aliphatic hydroxyl groups is 1. The number of benzene rings is 1. The zero-order valence-corrected chi connectivity index (χ0v) is 9.57. The molecule has 1 heterocycles. The Bertz CT molecular complexity index is 561. The summed E-state index contributed by atoms with van der Waals surface area (Å²) in [4.78, 5) is 0. The molecule has 2 aromatic rings. The van der Waals surface area contributed by atoms with Gasteiger partial charge in [0.15, 0.2) is 0 Å². The van der Waals surface area contributed by atoms with Crippen molar-refractivity contribution in [1.82, 2.24) is 9.78 Å². The number of aromatic nitrogens is 2. The van der Waals surface area contributed by atoms with Crippen LogP contribution in [0.3, 0.4) is 0 Å². The van der Waals surface area contributed by atoms with Crippen LogP contribution < -0.4 is 0 Å². The Morgan fingerprint density at radius 3 is 2.50 bits per heavy atom. The second-order valence-corrected chi connectivity index (χ2v) is 3.84. The third kappa shape index (κ3) is 2.11. The monoisotopic (exact) mass is 256 g/mol. The first-order valence-electron chi connectivity index (χ1n) is 5.26. The number of nitrogens with zero attached hydrogens (tertiary/aromatic N) is 2. The fraction of sp³-hybridized carbons (Fsp3) is 0.250. The highest BCUT2D eigenvalue weighted by atomic mass is 19.4. The number of aliphatic hydroxyl groups excluding tert-OH is 1. The molecule has 0 radical (unpaired) electrons. The van der Waals surface area contributed by atoms with Gasteiger partial charge in [0.2, 0.25) is 0 Å². The summed E-state index contributed by atoms with van der Waals surface area (Å²) in [6.45, 7) is 1.37. The first kappa shape index (κ1) is 12.6. The first-order chi connectivity index (χ1) is 8.45. The minimum absolute atomic E-state index is 0.0396. The number of alkyl halides is 3. The molecule has 0 spiro atoms. The third-order valence-corrected chi connectivity index (χ3v) is 2.72. The summed E-state index contributed by atoms with van der Waals surface area (Å²) in [7, 11) is 0. The molecule has 0 saturated heterocycles. The quantitative estimate of drug-likeness (QED) is 0.897. The van der Waals surface area contributed by atoms with Gasteiger partial charge in [-0.25, -0.2) is 4.68 Å². The van der Waals surface area contributed by atoms with Crippen molar-refractivity contribution in [3.63, 3.8) is 0 Å². The normalized spacial score (nSPS) is 11.8. The zero-order chi connectivity index (χ0) is 13.3. The summed E-state index contributed by atoms with van der Waals surface area (Å²) < 4.78 is 39.8. The maximum absolute atomic E-state index is 12.9. The van der Waals surface area contributed by atoms with Crippen molar-refractivity contribution in [3.05, 3.63) is 47.3 Å². The lowest BCUT2D eigenvalue weighted by atomic mass is 10.1. The van der Waals surface area contributed by atoms with E-state index in [1.165, 1.54) is 29.1 Å². The Kier molecular flexibility index (Phi) is 3.13. The fourth-order valence-electron chi connectivity index (χ4n) is 1.74. The summed E-state index contributed by atoms with van der Waals surface area (Å²) in [5, 5.41) is 12.9. The van der Waals surface area contributed by atoms with Crippen molar-refractivity contribution >= 4 is 0 Å². The van der Waals surface area contributed by atoms with Crippen molar-refractivity contribution in [3.8, 4) is 5.69 Å². The number of para-hydroxylation sites is 1. The highest BCUT2D eigenvalue weighted by Gasteiger charge is 2.34. The van der Waals surface area contributed by atoms with Crippen molar-refractivity contribution in [2.24, 2.45) is 0 Å². The fourth-order valence-corrected chi connectivity index (χ4v) is 1.74. The van der Waals surface area contributed by atoms with E-state index in [0.29, 0.717) is 11.3 Å². The number of halogens is 3. The molecule has 96 valence electrons. The second kappa shape index (κ2) is 4.45. The van der Waals surface area contributed by atoms with Gasteiger partial charge in [0.25, 0.3) is 0 Å². The topological polar surface area (TPSA) is 38.1 Å². The summed E-state index contributed by atoms with van der Waals surface area (Å²) in [5.41, 5.74) is 0.212. The standard InChI is InChI=1S/C12H11F3N2O/c1-8-9(7-18)6-16-17(8)11-5-3-2-4-10(11)12(13,14)15/h2-6,18H,7H2,1H3. The molecule has 0 aliphatic rings. The molecule has 0 bridgehead atoms. The van der Waals surface area contributed by atoms with Crippen LogP contribution in [0.2, 0.25) is 0 Å². The minimum Gasteiger partial charge on any atom is -0.392 e. The average molecular weight is 256 g/mol. The maximum atomic E-state index is 12.9. The van der Waals surface area contributed by atoms with E-state index in [1.54, 1.807) is 6.92 Å². The Balaban J connectivity index is 2.61. The molecule has 0 aliphatic heterocycles. The van der Waals surface area contributed by atoms with Gasteiger partial charge in [-0.05, 0) is 19.1 Å². The van der Waals surface area contributed by atoms with E-state index in [2.05, 4.69) is 5.10 Å². The predicted molar refractivity (Wildman–Crippen MR) is 59.2 cm³/mol. The van der Waals surface area contributed by atoms with Gasteiger partial charge < -0.3 is 5.11 Å². The van der Waals surface area contributed by atoms with E-state index in [9.17, 15) is 13.2 Å². The molecule has 3 nitrogen and oxygen atoms in total. The summed E-state index contributed by atoms with van der Waals surface area (Å²) in [5.74, 6) is 0. The molecule has 0 atom stereocenters. The van der Waals surface area contributed by atoms with Crippen LogP contribution in [-0.4, -0.2) is 14.9 Å². The van der Waals surface area contributed by atoms with Crippen molar-refractivity contribution in [2.75, 3.05) is 0 Å². The lowest BCUT2D eigenvalue weighted by Gasteiger charge is -2.13. The van der Waals surface area contributed by atoms with Gasteiger partial charge in [0.05, 0.1) is 24.1 Å². The molecule has 18 heavy (non-hydrogen) atoms. The largest absolute Gasteiger partial charge is 0.418 e. The Morgan fingerprint density at radius 1 is 1.28 bits per heavy atom. The second-order valence-electron chi connectivity index (χ2n) is 3.84. The lowest BCUT2D eigenvalue weighted by Crippen LogP contribution is -2.12. The average Bonchev–Trinajstić information content (AvgIpc) is 2.69. The lowest BCUT2D eigenvalue weighted by molar-refractivity contribution is -0.137. The van der Waals surface area contributed by atoms with Gasteiger partial charge >= 0.3 is 6.18 Å². The Morgan fingerprint density at radius 2 is 1.94 bits per heavy atom. The van der Waals surface area contributed by atoms with E-state index >= 15 is 0 Å². The van der Waals surface area contributed by atoms with Crippen LogP contribution in [0.25, 0.3) is 5.69 Å². The molecule has 1 aromatic heterocycles. The molecular formula is C12H11F3N2O. The highest BCUT2D eigenvalue weighted by Crippen LogP contribution is 2.34. The molecule has 6 heteroatoms. The van der Waals surface area contributed by atoms with E-state index < -0.39 is 11.7 Å². The molecule has 1 N–H and O–H groups in total. The molecule has 0 unspecified atom stereocenters. The predicted octanol–water partition coefficient (Wildman–Crippen LogP) is 2.69. The number of rotatable bonds is 2. The van der Waals surface area contributed by atoms with Crippen LogP contribution in [-0.2, 0) is 12.8 Å². The van der Waals surface area contributed by atoms with Gasteiger partial charge in [-0.15, -0.1) is 0 Å². The van der Waals surface area contributed by atoms with Crippen LogP contribution in [0.15, 0.2) is 30.5 Å². The van der Waals surface area contributed by atoms with E-state index in [1.807, 2.05) is 0 Å². The smallest absolute Gasteiger partial charge is 0.392 e. The SMILES string of the molecule is Cc1c(CO)cnn1-c1ccccc1C(F)(F)F. The maximum Gasteiger partial charge on any atom is 0.418 e. The summed E-state index contributed by atoms with van der Waals surface area (Å²) >= 11 is 0. The van der Waals surface area contributed by atoms with E-state index in [0.717, 1.165) is 6.07 Å². The van der Waals surface area contributed by atoms with Crippen LogP contribution in [0.5, 0.6) is 0 Å². The van der Waals surface area contributed by atoms with Crippen LogP contribution in [0.4, 0.5) is 13.2 Å². The van der Waals surface area contributed by atoms with Crippen molar-refractivity contribution in [2.45, 2.75) is 19.7 Å². The van der Waals surface area contributed by atoms with Gasteiger partial charge in [-0.2, -0.15) is 18.3 Å². The summed E-state index contributed by atoms with van der Waals surface area (Å²) in [6.07, 6.45) is -3.07. The molecule has 0 aliphatic carbocycles. The Labute approximate surface area is 101 Å². The molecule has 0 amide bonds. The number of hydrogen-bond donors (Lipinski definition) is 1. The van der Waals surface area contributed by atoms with Gasteiger partial charge in [-0.3, -0.25) is 0 Å². The molecular weight excluding hydrogens is 245 g/mol. The van der Waals surface area contributed by atoms with Crippen LogP contribution in [0, 0.1) is 6.92 Å². The van der Waals surface area contributed by atoms with E-state index in [4.69, 9.17) is 5.11 Å². The highest BCUT2D eigenvalue weighted by molar-refractivity contribution is 5.44. The first-order valence-corrected chi connectivity index (χ1v) is 5.26. The molecule has 0 fully saturated rings. The van der Waals surface area contributed by atoms with Crippen LogP contribution >= 0.6 is 0 Å². The summed E-state index contributed by atoms with van der Waals surface area (Å²) in [6, 6.07) is 5.21. The van der Waals surface area contributed by atoms with Crippen molar-refractivity contribution < 1.29 is 18.3 Å². The zero-order valence-electron chi connectivity index (χ0n) is 9.57. The van der Waals surface area contributed by atoms with Gasteiger partial charge in [0.1, 0.15) is 0 Å². The van der Waals surface area contributed by atoms with E-state index in [-0.39, 0.29) is 12.3 Å². The number of hydrogen-bond acceptors (Lipinski definition) is 2.